The molecule has 1 atom stereocenters. The summed E-state index contributed by atoms with van der Waals surface area (Å²) in [6.45, 7) is 1.75. The van der Waals surface area contributed by atoms with Gasteiger partial charge in [0.05, 0.1) is 5.56 Å². The summed E-state index contributed by atoms with van der Waals surface area (Å²) in [4.78, 5) is 28.1. The van der Waals surface area contributed by atoms with E-state index in [4.69, 9.17) is 27.9 Å². The fourth-order valence-electron chi connectivity index (χ4n) is 1.86. The smallest absolute Gasteiger partial charge is 0.339 e. The minimum atomic E-state index is -0.923. The highest BCUT2D eigenvalue weighted by Gasteiger charge is 2.22. The Morgan fingerprint density at radius 3 is 2.35 bits per heavy atom. The SMILES string of the molecule is CCC(OC(=O)c1ccncc1)C(=O)Nc1cc(Cl)cc(Cl)c1. The van der Waals surface area contributed by atoms with Gasteiger partial charge >= 0.3 is 5.97 Å². The van der Waals surface area contributed by atoms with E-state index < -0.39 is 18.0 Å². The number of carbonyl (C=O) groups excluding carboxylic acids is 2. The summed E-state index contributed by atoms with van der Waals surface area (Å²) < 4.78 is 5.24. The maximum absolute atomic E-state index is 12.2. The van der Waals surface area contributed by atoms with Crippen LogP contribution < -0.4 is 5.32 Å². The second kappa shape index (κ2) is 7.94. The molecule has 5 nitrogen and oxygen atoms in total. The van der Waals surface area contributed by atoms with Crippen LogP contribution in [0.3, 0.4) is 0 Å². The molecule has 0 radical (unpaired) electrons. The van der Waals surface area contributed by atoms with Crippen LogP contribution in [-0.4, -0.2) is 23.0 Å². The van der Waals surface area contributed by atoms with Crippen LogP contribution in [0.25, 0.3) is 0 Å². The van der Waals surface area contributed by atoms with Gasteiger partial charge in [0.2, 0.25) is 0 Å². The van der Waals surface area contributed by atoms with Crippen molar-refractivity contribution in [3.63, 3.8) is 0 Å². The molecule has 23 heavy (non-hydrogen) atoms. The minimum absolute atomic E-state index is 0.330. The second-order valence-electron chi connectivity index (χ2n) is 4.69. The van der Waals surface area contributed by atoms with Gasteiger partial charge in [-0.3, -0.25) is 9.78 Å². The number of esters is 1. The molecule has 0 spiro atoms. The van der Waals surface area contributed by atoms with Crippen LogP contribution in [0.5, 0.6) is 0 Å². The van der Waals surface area contributed by atoms with Gasteiger partial charge in [-0.1, -0.05) is 30.1 Å². The van der Waals surface area contributed by atoms with Gasteiger partial charge in [-0.25, -0.2) is 4.79 Å². The van der Waals surface area contributed by atoms with Gasteiger partial charge in [0, 0.05) is 28.1 Å². The summed E-state index contributed by atoms with van der Waals surface area (Å²) in [6.07, 6.45) is 2.36. The van der Waals surface area contributed by atoms with Crippen molar-refractivity contribution in [2.45, 2.75) is 19.4 Å². The Morgan fingerprint density at radius 2 is 1.78 bits per heavy atom. The predicted octanol–water partition coefficient (Wildman–Crippen LogP) is 3.96. The van der Waals surface area contributed by atoms with Gasteiger partial charge in [0.15, 0.2) is 6.10 Å². The Labute approximate surface area is 143 Å². The van der Waals surface area contributed by atoms with E-state index >= 15 is 0 Å². The number of aromatic nitrogens is 1. The van der Waals surface area contributed by atoms with Crippen LogP contribution in [0.4, 0.5) is 5.69 Å². The van der Waals surface area contributed by atoms with Crippen LogP contribution in [0.2, 0.25) is 10.0 Å². The quantitative estimate of drug-likeness (QED) is 0.826. The highest BCUT2D eigenvalue weighted by Crippen LogP contribution is 2.23. The van der Waals surface area contributed by atoms with Crippen LogP contribution >= 0.6 is 23.2 Å². The molecule has 1 heterocycles. The molecular weight excluding hydrogens is 339 g/mol. The highest BCUT2D eigenvalue weighted by molar-refractivity contribution is 6.35. The van der Waals surface area contributed by atoms with E-state index in [-0.39, 0.29) is 0 Å². The zero-order valence-corrected chi connectivity index (χ0v) is 13.8. The first-order chi connectivity index (χ1) is 11.0. The number of amides is 1. The molecule has 1 N–H and O–H groups in total. The molecule has 0 aliphatic heterocycles. The second-order valence-corrected chi connectivity index (χ2v) is 5.56. The van der Waals surface area contributed by atoms with Crippen molar-refractivity contribution in [2.75, 3.05) is 5.32 Å². The van der Waals surface area contributed by atoms with E-state index in [0.29, 0.717) is 27.7 Å². The maximum Gasteiger partial charge on any atom is 0.339 e. The lowest BCUT2D eigenvalue weighted by atomic mass is 10.2. The Hall–Kier alpha value is -2.11. The lowest BCUT2D eigenvalue weighted by Crippen LogP contribution is -2.32. The normalized spacial score (nSPS) is 11.6. The van der Waals surface area contributed by atoms with Crippen molar-refractivity contribution in [1.82, 2.24) is 4.98 Å². The zero-order chi connectivity index (χ0) is 16.8. The number of carbonyl (C=O) groups is 2. The lowest BCUT2D eigenvalue weighted by Gasteiger charge is -2.16. The standard InChI is InChI=1S/C16H14Cl2N2O3/c1-2-14(23-16(22)10-3-5-19-6-4-10)15(21)20-13-8-11(17)7-12(18)9-13/h3-9,14H,2H2,1H3,(H,20,21). The van der Waals surface area contributed by atoms with Crippen LogP contribution in [0, 0.1) is 0 Å². The van der Waals surface area contributed by atoms with Crippen molar-refractivity contribution >= 4 is 40.8 Å². The van der Waals surface area contributed by atoms with Crippen molar-refractivity contribution in [1.29, 1.82) is 0 Å². The topological polar surface area (TPSA) is 68.3 Å². The third kappa shape index (κ3) is 4.94. The number of nitrogens with zero attached hydrogens (tertiary/aromatic N) is 1. The van der Waals surface area contributed by atoms with E-state index in [0.717, 1.165) is 0 Å². The summed E-state index contributed by atoms with van der Waals surface area (Å²) in [5.74, 6) is -1.04. The first kappa shape index (κ1) is 17.2. The number of pyridine rings is 1. The Bertz CT molecular complexity index is 687. The Morgan fingerprint density at radius 1 is 1.17 bits per heavy atom. The van der Waals surface area contributed by atoms with Gasteiger partial charge in [0.1, 0.15) is 0 Å². The molecule has 0 aliphatic rings. The van der Waals surface area contributed by atoms with Crippen molar-refractivity contribution in [3.05, 3.63) is 58.3 Å². The number of nitrogens with one attached hydrogen (secondary N) is 1. The summed E-state index contributed by atoms with van der Waals surface area (Å²) in [7, 11) is 0. The van der Waals surface area contributed by atoms with E-state index in [1.165, 1.54) is 24.5 Å². The van der Waals surface area contributed by atoms with Gasteiger partial charge in [-0.05, 0) is 36.8 Å². The molecule has 7 heteroatoms. The number of rotatable bonds is 5. The van der Waals surface area contributed by atoms with E-state index in [9.17, 15) is 9.59 Å². The fraction of sp³-hybridized carbons (Fsp3) is 0.188. The monoisotopic (exact) mass is 352 g/mol. The molecule has 120 valence electrons. The minimum Gasteiger partial charge on any atom is -0.449 e. The average molecular weight is 353 g/mol. The molecule has 0 fully saturated rings. The van der Waals surface area contributed by atoms with Crippen LogP contribution in [0.15, 0.2) is 42.7 Å². The van der Waals surface area contributed by atoms with Gasteiger partial charge in [-0.2, -0.15) is 0 Å². The molecule has 0 aliphatic carbocycles. The van der Waals surface area contributed by atoms with Crippen molar-refractivity contribution in [3.8, 4) is 0 Å². The molecular formula is C16H14Cl2N2O3. The molecule has 0 bridgehead atoms. The first-order valence-electron chi connectivity index (χ1n) is 6.87. The van der Waals surface area contributed by atoms with Gasteiger partial charge < -0.3 is 10.1 Å². The van der Waals surface area contributed by atoms with Crippen molar-refractivity contribution < 1.29 is 14.3 Å². The number of ether oxygens (including phenoxy) is 1. The molecule has 2 aromatic rings. The summed E-state index contributed by atoms with van der Waals surface area (Å²) >= 11 is 11.8. The van der Waals surface area contributed by atoms with E-state index in [2.05, 4.69) is 10.3 Å². The summed E-state index contributed by atoms with van der Waals surface area (Å²) in [5.41, 5.74) is 0.767. The number of hydrogen-bond acceptors (Lipinski definition) is 4. The summed E-state index contributed by atoms with van der Waals surface area (Å²) in [5, 5.41) is 3.43. The Kier molecular flexibility index (Phi) is 5.96. The molecule has 2 rings (SSSR count). The largest absolute Gasteiger partial charge is 0.449 e. The van der Waals surface area contributed by atoms with Crippen LogP contribution in [-0.2, 0) is 9.53 Å². The maximum atomic E-state index is 12.2. The predicted molar refractivity (Wildman–Crippen MR) is 88.8 cm³/mol. The summed E-state index contributed by atoms with van der Waals surface area (Å²) in [6, 6.07) is 7.71. The van der Waals surface area contributed by atoms with E-state index in [1.54, 1.807) is 25.1 Å². The third-order valence-electron chi connectivity index (χ3n) is 2.96. The first-order valence-corrected chi connectivity index (χ1v) is 7.63. The molecule has 0 saturated carbocycles. The molecule has 0 saturated heterocycles. The highest BCUT2D eigenvalue weighted by atomic mass is 35.5. The fourth-order valence-corrected chi connectivity index (χ4v) is 2.38. The lowest BCUT2D eigenvalue weighted by molar-refractivity contribution is -0.124. The van der Waals surface area contributed by atoms with Crippen molar-refractivity contribution in [2.24, 2.45) is 0 Å². The average Bonchev–Trinajstić information content (AvgIpc) is 2.52. The van der Waals surface area contributed by atoms with Crippen LogP contribution in [0.1, 0.15) is 23.7 Å². The third-order valence-corrected chi connectivity index (χ3v) is 3.40. The zero-order valence-electron chi connectivity index (χ0n) is 12.3. The van der Waals surface area contributed by atoms with Gasteiger partial charge in [-0.15, -0.1) is 0 Å². The number of benzene rings is 1. The van der Waals surface area contributed by atoms with E-state index in [1.807, 2.05) is 0 Å². The molecule has 1 aromatic heterocycles. The molecule has 1 amide bonds. The molecule has 1 unspecified atom stereocenters. The number of anilines is 1. The van der Waals surface area contributed by atoms with Gasteiger partial charge in [0.25, 0.3) is 5.91 Å². The number of hydrogen-bond donors (Lipinski definition) is 1. The Balaban J connectivity index is 2.05. The molecule has 1 aromatic carbocycles. The number of halogens is 2.